The molecular weight excluding hydrogens is 353 g/mol. The highest BCUT2D eigenvalue weighted by atomic mass is 32.2. The lowest BCUT2D eigenvalue weighted by Crippen LogP contribution is -2.43. The van der Waals surface area contributed by atoms with Gasteiger partial charge in [-0.3, -0.25) is 9.59 Å². The number of carbonyl (C=O) groups is 2. The summed E-state index contributed by atoms with van der Waals surface area (Å²) in [5.74, 6) is -1.21. The molecule has 2 aromatic rings. The van der Waals surface area contributed by atoms with Crippen molar-refractivity contribution in [2.45, 2.75) is 37.3 Å². The summed E-state index contributed by atoms with van der Waals surface area (Å²) in [6, 6.07) is 14.0. The largest absolute Gasteiger partial charge is 0.452 e. The van der Waals surface area contributed by atoms with Crippen molar-refractivity contribution >= 4 is 29.3 Å². The van der Waals surface area contributed by atoms with Crippen LogP contribution in [0.15, 0.2) is 53.4 Å². The average molecular weight is 373 g/mol. The normalized spacial score (nSPS) is 16.9. The molecule has 0 fully saturated rings. The lowest BCUT2D eigenvalue weighted by Gasteiger charge is -2.25. The second kappa shape index (κ2) is 7.91. The SMILES string of the molecule is C[C@@H]1Cc2ccccc2N1C(=O)[C@@H](C)OC(=O)CSc1ccccc1F. The van der Waals surface area contributed by atoms with E-state index < -0.39 is 12.1 Å². The maximum atomic E-state index is 13.6. The molecule has 136 valence electrons. The summed E-state index contributed by atoms with van der Waals surface area (Å²) in [4.78, 5) is 26.9. The number of hydrogen-bond acceptors (Lipinski definition) is 4. The molecule has 6 heteroatoms. The van der Waals surface area contributed by atoms with Crippen LogP contribution in [0, 0.1) is 5.82 Å². The molecule has 1 heterocycles. The van der Waals surface area contributed by atoms with Gasteiger partial charge in [-0.25, -0.2) is 4.39 Å². The molecule has 0 N–H and O–H groups in total. The zero-order valence-corrected chi connectivity index (χ0v) is 15.5. The van der Waals surface area contributed by atoms with Gasteiger partial charge in [0.2, 0.25) is 0 Å². The molecule has 0 aromatic heterocycles. The number of carbonyl (C=O) groups excluding carboxylic acids is 2. The minimum atomic E-state index is -0.891. The maximum Gasteiger partial charge on any atom is 0.317 e. The van der Waals surface area contributed by atoms with E-state index in [1.807, 2.05) is 31.2 Å². The van der Waals surface area contributed by atoms with Crippen molar-refractivity contribution in [1.82, 2.24) is 0 Å². The molecule has 3 rings (SSSR count). The molecule has 2 atom stereocenters. The zero-order valence-electron chi connectivity index (χ0n) is 14.6. The van der Waals surface area contributed by atoms with E-state index in [2.05, 4.69) is 0 Å². The second-order valence-electron chi connectivity index (χ2n) is 6.24. The van der Waals surface area contributed by atoms with Gasteiger partial charge in [-0.2, -0.15) is 0 Å². The second-order valence-corrected chi connectivity index (χ2v) is 7.26. The van der Waals surface area contributed by atoms with Crippen molar-refractivity contribution < 1.29 is 18.7 Å². The Balaban J connectivity index is 1.59. The summed E-state index contributed by atoms with van der Waals surface area (Å²) in [5, 5.41) is 0. The van der Waals surface area contributed by atoms with Gasteiger partial charge in [-0.1, -0.05) is 30.3 Å². The molecule has 26 heavy (non-hydrogen) atoms. The molecule has 0 saturated carbocycles. The number of anilines is 1. The van der Waals surface area contributed by atoms with Crippen molar-refractivity contribution in [2.24, 2.45) is 0 Å². The Kier molecular flexibility index (Phi) is 5.61. The molecular formula is C20H20FNO3S. The lowest BCUT2D eigenvalue weighted by atomic mass is 10.1. The number of ether oxygens (including phenoxy) is 1. The number of benzene rings is 2. The van der Waals surface area contributed by atoms with E-state index in [4.69, 9.17) is 4.74 Å². The first-order valence-electron chi connectivity index (χ1n) is 8.45. The molecule has 0 spiro atoms. The van der Waals surface area contributed by atoms with Crippen LogP contribution in [0.4, 0.5) is 10.1 Å². The third kappa shape index (κ3) is 3.90. The van der Waals surface area contributed by atoms with Crippen LogP contribution in [0.3, 0.4) is 0 Å². The monoisotopic (exact) mass is 373 g/mol. The molecule has 2 aromatic carbocycles. The minimum Gasteiger partial charge on any atom is -0.452 e. The number of amides is 1. The summed E-state index contributed by atoms with van der Waals surface area (Å²) >= 11 is 1.06. The Labute approximate surface area is 156 Å². The van der Waals surface area contributed by atoms with E-state index in [0.717, 1.165) is 29.4 Å². The first-order chi connectivity index (χ1) is 12.5. The predicted octanol–water partition coefficient (Wildman–Crippen LogP) is 3.83. The van der Waals surface area contributed by atoms with E-state index in [9.17, 15) is 14.0 Å². The molecule has 0 bridgehead atoms. The van der Waals surface area contributed by atoms with E-state index in [1.165, 1.54) is 6.07 Å². The molecule has 1 amide bonds. The Morgan fingerprint density at radius 3 is 2.69 bits per heavy atom. The van der Waals surface area contributed by atoms with Crippen LogP contribution >= 0.6 is 11.8 Å². The third-order valence-corrected chi connectivity index (χ3v) is 5.30. The lowest BCUT2D eigenvalue weighted by molar-refractivity contribution is -0.151. The smallest absolute Gasteiger partial charge is 0.317 e. The van der Waals surface area contributed by atoms with E-state index in [1.54, 1.807) is 30.0 Å². The molecule has 0 unspecified atom stereocenters. The first kappa shape index (κ1) is 18.5. The van der Waals surface area contributed by atoms with Gasteiger partial charge in [0.05, 0.1) is 5.75 Å². The van der Waals surface area contributed by atoms with Gasteiger partial charge in [0.1, 0.15) is 5.82 Å². The number of esters is 1. The molecule has 0 radical (unpaired) electrons. The number of nitrogens with zero attached hydrogens (tertiary/aromatic N) is 1. The highest BCUT2D eigenvalue weighted by molar-refractivity contribution is 8.00. The van der Waals surface area contributed by atoms with Crippen LogP contribution in [-0.2, 0) is 20.7 Å². The summed E-state index contributed by atoms with van der Waals surface area (Å²) < 4.78 is 18.9. The van der Waals surface area contributed by atoms with Gasteiger partial charge < -0.3 is 9.64 Å². The number of para-hydroxylation sites is 1. The van der Waals surface area contributed by atoms with E-state index in [0.29, 0.717) is 4.90 Å². The van der Waals surface area contributed by atoms with Crippen molar-refractivity contribution in [3.63, 3.8) is 0 Å². The summed E-state index contributed by atoms with van der Waals surface area (Å²) in [6.45, 7) is 3.54. The van der Waals surface area contributed by atoms with E-state index >= 15 is 0 Å². The van der Waals surface area contributed by atoms with Crippen molar-refractivity contribution in [3.8, 4) is 0 Å². The Hall–Kier alpha value is -2.34. The highest BCUT2D eigenvalue weighted by Crippen LogP contribution is 2.32. The summed E-state index contributed by atoms with van der Waals surface area (Å²) in [5.41, 5.74) is 1.98. The van der Waals surface area contributed by atoms with Crippen LogP contribution in [0.25, 0.3) is 0 Å². The Morgan fingerprint density at radius 2 is 1.92 bits per heavy atom. The molecule has 1 aliphatic rings. The van der Waals surface area contributed by atoms with Gasteiger partial charge in [0, 0.05) is 16.6 Å². The molecule has 4 nitrogen and oxygen atoms in total. The zero-order chi connectivity index (χ0) is 18.7. The molecule has 0 saturated heterocycles. The van der Waals surface area contributed by atoms with Gasteiger partial charge >= 0.3 is 5.97 Å². The highest BCUT2D eigenvalue weighted by Gasteiger charge is 2.34. The topological polar surface area (TPSA) is 46.6 Å². The van der Waals surface area contributed by atoms with Crippen molar-refractivity contribution in [1.29, 1.82) is 0 Å². The molecule has 1 aliphatic heterocycles. The fourth-order valence-corrected chi connectivity index (χ4v) is 3.80. The van der Waals surface area contributed by atoms with Gasteiger partial charge in [0.25, 0.3) is 5.91 Å². The minimum absolute atomic E-state index is 0.0221. The third-order valence-electron chi connectivity index (χ3n) is 4.28. The van der Waals surface area contributed by atoms with Crippen molar-refractivity contribution in [3.05, 3.63) is 59.9 Å². The number of rotatable bonds is 5. The van der Waals surface area contributed by atoms with E-state index in [-0.39, 0.29) is 23.5 Å². The van der Waals surface area contributed by atoms with Crippen LogP contribution in [0.5, 0.6) is 0 Å². The van der Waals surface area contributed by atoms with Gasteiger partial charge in [-0.05, 0) is 44.0 Å². The van der Waals surface area contributed by atoms with Crippen LogP contribution in [0.2, 0.25) is 0 Å². The maximum absolute atomic E-state index is 13.6. The Morgan fingerprint density at radius 1 is 1.23 bits per heavy atom. The van der Waals surface area contributed by atoms with Crippen molar-refractivity contribution in [2.75, 3.05) is 10.7 Å². The quantitative estimate of drug-likeness (QED) is 0.590. The Bertz CT molecular complexity index is 826. The van der Waals surface area contributed by atoms with Crippen LogP contribution < -0.4 is 4.90 Å². The predicted molar refractivity (Wildman–Crippen MR) is 99.8 cm³/mol. The van der Waals surface area contributed by atoms with Gasteiger partial charge in [-0.15, -0.1) is 11.8 Å². The van der Waals surface area contributed by atoms with Crippen LogP contribution in [-0.4, -0.2) is 29.8 Å². The fourth-order valence-electron chi connectivity index (χ4n) is 3.08. The van der Waals surface area contributed by atoms with Gasteiger partial charge in [0.15, 0.2) is 6.10 Å². The molecule has 0 aliphatic carbocycles. The average Bonchev–Trinajstić information content (AvgIpc) is 2.96. The number of hydrogen-bond donors (Lipinski definition) is 0. The number of thioether (sulfide) groups is 1. The summed E-state index contributed by atoms with van der Waals surface area (Å²) in [6.07, 6.45) is -0.108. The summed E-state index contributed by atoms with van der Waals surface area (Å²) in [7, 11) is 0. The number of fused-ring (bicyclic) bond motifs is 1. The first-order valence-corrected chi connectivity index (χ1v) is 9.43. The number of halogens is 1. The standard InChI is InChI=1S/C20H20FNO3S/c1-13-11-15-7-3-5-9-17(15)22(13)20(24)14(2)25-19(23)12-26-18-10-6-4-8-16(18)21/h3-10,13-14H,11-12H2,1-2H3/t13-,14-/m1/s1. The fraction of sp³-hybridized carbons (Fsp3) is 0.300. The van der Waals surface area contributed by atoms with Crippen LogP contribution in [0.1, 0.15) is 19.4 Å².